The van der Waals surface area contributed by atoms with Crippen molar-refractivity contribution in [2.75, 3.05) is 5.75 Å². The van der Waals surface area contributed by atoms with Crippen LogP contribution in [0.4, 0.5) is 0 Å². The van der Waals surface area contributed by atoms with Crippen LogP contribution in [-0.2, 0) is 9.53 Å². The zero-order valence-electron chi connectivity index (χ0n) is 7.45. The quantitative estimate of drug-likeness (QED) is 0.617. The van der Waals surface area contributed by atoms with E-state index < -0.39 is 0 Å². The monoisotopic (exact) mass is 186 g/mol. The third kappa shape index (κ3) is 2.64. The molecule has 0 bridgehead atoms. The fourth-order valence-electron chi connectivity index (χ4n) is 1.05. The Kier molecular flexibility index (Phi) is 3.82. The van der Waals surface area contributed by atoms with Crippen LogP contribution in [0.5, 0.6) is 0 Å². The normalized spacial score (nSPS) is 30.8. The molecule has 1 saturated heterocycles. The Bertz CT molecular complexity index is 189. The summed E-state index contributed by atoms with van der Waals surface area (Å²) in [6.07, 6.45) is 4.61. The van der Waals surface area contributed by atoms with Gasteiger partial charge in [-0.25, -0.2) is 0 Å². The van der Waals surface area contributed by atoms with Crippen molar-refractivity contribution in [2.45, 2.75) is 31.8 Å². The summed E-state index contributed by atoms with van der Waals surface area (Å²) >= 11 is 1.59. The van der Waals surface area contributed by atoms with Crippen LogP contribution in [0.25, 0.3) is 0 Å². The minimum atomic E-state index is -0.259. The molecule has 0 spiro atoms. The second-order valence-corrected chi connectivity index (χ2v) is 4.01. The molecule has 1 heterocycles. The van der Waals surface area contributed by atoms with Gasteiger partial charge in [0.2, 0.25) is 0 Å². The number of thioether (sulfide) groups is 1. The first kappa shape index (κ1) is 9.81. The Morgan fingerprint density at radius 1 is 1.67 bits per heavy atom. The van der Waals surface area contributed by atoms with Gasteiger partial charge in [0.15, 0.2) is 11.2 Å². The van der Waals surface area contributed by atoms with Crippen LogP contribution in [0.15, 0.2) is 12.2 Å². The topological polar surface area (TPSA) is 26.3 Å². The van der Waals surface area contributed by atoms with Crippen molar-refractivity contribution in [3.05, 3.63) is 12.2 Å². The van der Waals surface area contributed by atoms with Gasteiger partial charge in [-0.3, -0.25) is 4.79 Å². The van der Waals surface area contributed by atoms with E-state index in [1.165, 1.54) is 0 Å². The molecule has 0 unspecified atom stereocenters. The second kappa shape index (κ2) is 4.67. The molecule has 1 aliphatic heterocycles. The molecule has 0 N–H and O–H groups in total. The lowest BCUT2D eigenvalue weighted by Crippen LogP contribution is -2.29. The van der Waals surface area contributed by atoms with Crippen molar-refractivity contribution in [3.63, 3.8) is 0 Å². The number of carbonyl (C=O) groups is 1. The number of hydrogen-bond acceptors (Lipinski definition) is 3. The SMILES string of the molecule is C/C=C/C(=O)[C@@H]1O[C@H](C)CCS1. The lowest BCUT2D eigenvalue weighted by Gasteiger charge is -2.25. The Hall–Kier alpha value is -0.280. The third-order valence-electron chi connectivity index (χ3n) is 1.71. The summed E-state index contributed by atoms with van der Waals surface area (Å²) in [6.45, 7) is 3.85. The van der Waals surface area contributed by atoms with Gasteiger partial charge in [0.05, 0.1) is 6.10 Å². The molecule has 1 rings (SSSR count). The molecule has 0 aromatic heterocycles. The Labute approximate surface area is 77.4 Å². The first-order valence-electron chi connectivity index (χ1n) is 4.17. The molecule has 0 radical (unpaired) electrons. The highest BCUT2D eigenvalue weighted by Crippen LogP contribution is 2.24. The molecule has 0 aliphatic carbocycles. The molecular weight excluding hydrogens is 172 g/mol. The average molecular weight is 186 g/mol. The summed E-state index contributed by atoms with van der Waals surface area (Å²) in [6, 6.07) is 0. The number of ketones is 1. The zero-order chi connectivity index (χ0) is 8.97. The minimum Gasteiger partial charge on any atom is -0.356 e. The van der Waals surface area contributed by atoms with Gasteiger partial charge in [0, 0.05) is 0 Å². The molecule has 0 amide bonds. The molecule has 3 heteroatoms. The molecular formula is C9H14O2S. The highest BCUT2D eigenvalue weighted by atomic mass is 32.2. The predicted molar refractivity (Wildman–Crippen MR) is 51.2 cm³/mol. The maximum atomic E-state index is 11.3. The van der Waals surface area contributed by atoms with E-state index in [0.717, 1.165) is 12.2 Å². The first-order valence-corrected chi connectivity index (χ1v) is 5.22. The molecule has 0 aromatic rings. The summed E-state index contributed by atoms with van der Waals surface area (Å²) in [5.74, 6) is 1.10. The molecule has 68 valence electrons. The van der Waals surface area contributed by atoms with E-state index in [1.54, 1.807) is 23.9 Å². The van der Waals surface area contributed by atoms with Crippen molar-refractivity contribution >= 4 is 17.5 Å². The third-order valence-corrected chi connectivity index (χ3v) is 2.83. The molecule has 1 fully saturated rings. The van der Waals surface area contributed by atoms with E-state index in [0.29, 0.717) is 0 Å². The smallest absolute Gasteiger partial charge is 0.194 e. The van der Waals surface area contributed by atoms with Crippen LogP contribution in [-0.4, -0.2) is 23.1 Å². The van der Waals surface area contributed by atoms with Gasteiger partial charge >= 0.3 is 0 Å². The fourth-order valence-corrected chi connectivity index (χ4v) is 2.24. The van der Waals surface area contributed by atoms with Crippen LogP contribution in [0, 0.1) is 0 Å². The van der Waals surface area contributed by atoms with Crippen LogP contribution in [0.1, 0.15) is 20.3 Å². The number of hydrogen-bond donors (Lipinski definition) is 0. The Balaban J connectivity index is 2.45. The minimum absolute atomic E-state index is 0.0778. The van der Waals surface area contributed by atoms with Crippen molar-refractivity contribution in [1.82, 2.24) is 0 Å². The van der Waals surface area contributed by atoms with E-state index in [9.17, 15) is 4.79 Å². The largest absolute Gasteiger partial charge is 0.356 e. The number of rotatable bonds is 2. The molecule has 1 aliphatic rings. The summed E-state index contributed by atoms with van der Waals surface area (Å²) in [5, 5.41) is 0. The van der Waals surface area contributed by atoms with Gasteiger partial charge in [-0.15, -0.1) is 11.8 Å². The maximum absolute atomic E-state index is 11.3. The van der Waals surface area contributed by atoms with Crippen LogP contribution in [0.2, 0.25) is 0 Å². The predicted octanol–water partition coefficient (Wildman–Crippen LogP) is 2.00. The van der Waals surface area contributed by atoms with E-state index in [4.69, 9.17) is 4.74 Å². The van der Waals surface area contributed by atoms with Crippen molar-refractivity contribution in [1.29, 1.82) is 0 Å². The molecule has 0 saturated carbocycles. The standard InChI is InChI=1S/C9H14O2S/c1-3-4-8(10)9-11-7(2)5-6-12-9/h3-4,7,9H,5-6H2,1-2H3/b4-3+/t7-,9-/m1/s1. The van der Waals surface area contributed by atoms with Gasteiger partial charge in [-0.2, -0.15) is 0 Å². The summed E-state index contributed by atoms with van der Waals surface area (Å²) in [5.41, 5.74) is -0.259. The van der Waals surface area contributed by atoms with E-state index in [2.05, 4.69) is 0 Å². The molecule has 0 aromatic carbocycles. The lowest BCUT2D eigenvalue weighted by molar-refractivity contribution is -0.123. The maximum Gasteiger partial charge on any atom is 0.194 e. The van der Waals surface area contributed by atoms with Crippen molar-refractivity contribution in [2.24, 2.45) is 0 Å². The van der Waals surface area contributed by atoms with Crippen molar-refractivity contribution < 1.29 is 9.53 Å². The summed E-state index contributed by atoms with van der Waals surface area (Å²) in [4.78, 5) is 11.3. The van der Waals surface area contributed by atoms with E-state index >= 15 is 0 Å². The number of carbonyl (C=O) groups excluding carboxylic acids is 1. The Morgan fingerprint density at radius 3 is 3.00 bits per heavy atom. The van der Waals surface area contributed by atoms with Gasteiger partial charge in [-0.05, 0) is 32.1 Å². The highest BCUT2D eigenvalue weighted by Gasteiger charge is 2.23. The highest BCUT2D eigenvalue weighted by molar-refractivity contribution is 8.00. The lowest BCUT2D eigenvalue weighted by atomic mass is 10.3. The van der Waals surface area contributed by atoms with Gasteiger partial charge in [-0.1, -0.05) is 6.08 Å². The van der Waals surface area contributed by atoms with Gasteiger partial charge in [0.25, 0.3) is 0 Å². The first-order chi connectivity index (χ1) is 5.74. The zero-order valence-corrected chi connectivity index (χ0v) is 8.26. The van der Waals surface area contributed by atoms with Crippen LogP contribution >= 0.6 is 11.8 Å². The van der Waals surface area contributed by atoms with Crippen LogP contribution in [0.3, 0.4) is 0 Å². The molecule has 2 atom stereocenters. The van der Waals surface area contributed by atoms with Gasteiger partial charge < -0.3 is 4.74 Å². The summed E-state index contributed by atoms with van der Waals surface area (Å²) in [7, 11) is 0. The van der Waals surface area contributed by atoms with E-state index in [-0.39, 0.29) is 17.3 Å². The Morgan fingerprint density at radius 2 is 2.42 bits per heavy atom. The van der Waals surface area contributed by atoms with Crippen LogP contribution < -0.4 is 0 Å². The van der Waals surface area contributed by atoms with Gasteiger partial charge in [0.1, 0.15) is 0 Å². The fraction of sp³-hybridized carbons (Fsp3) is 0.667. The summed E-state index contributed by atoms with van der Waals surface area (Å²) < 4.78 is 5.46. The number of ether oxygens (including phenoxy) is 1. The van der Waals surface area contributed by atoms with E-state index in [1.807, 2.05) is 13.8 Å². The average Bonchev–Trinajstić information content (AvgIpc) is 2.05. The van der Waals surface area contributed by atoms with Crippen molar-refractivity contribution in [3.8, 4) is 0 Å². The molecule has 2 nitrogen and oxygen atoms in total. The molecule has 12 heavy (non-hydrogen) atoms. The number of allylic oxidation sites excluding steroid dienone is 1. The second-order valence-electron chi connectivity index (χ2n) is 2.84.